The highest BCUT2D eigenvalue weighted by atomic mass is 16.4. The van der Waals surface area contributed by atoms with Gasteiger partial charge in [-0.2, -0.15) is 0 Å². The minimum absolute atomic E-state index is 0.125. The third-order valence-electron chi connectivity index (χ3n) is 2.61. The van der Waals surface area contributed by atoms with Gasteiger partial charge in [-0.25, -0.2) is 4.79 Å². The van der Waals surface area contributed by atoms with Crippen LogP contribution in [-0.4, -0.2) is 17.0 Å². The molecular weight excluding hydrogens is 250 g/mol. The Morgan fingerprint density at radius 1 is 1.32 bits per heavy atom. The summed E-state index contributed by atoms with van der Waals surface area (Å²) in [6.07, 6.45) is 2.09. The number of rotatable bonds is 5. The van der Waals surface area contributed by atoms with Gasteiger partial charge < -0.3 is 19.3 Å². The number of carboxylic acids is 1. The summed E-state index contributed by atoms with van der Waals surface area (Å²) in [4.78, 5) is 22.5. The van der Waals surface area contributed by atoms with Crippen molar-refractivity contribution in [3.63, 3.8) is 0 Å². The van der Waals surface area contributed by atoms with Crippen LogP contribution in [0.1, 0.15) is 39.4 Å². The molecule has 0 aromatic carbocycles. The molecule has 2 heterocycles. The first-order valence-corrected chi connectivity index (χ1v) is 5.78. The van der Waals surface area contributed by atoms with E-state index in [4.69, 9.17) is 13.9 Å². The Morgan fingerprint density at radius 2 is 2.11 bits per heavy atom. The van der Waals surface area contributed by atoms with Gasteiger partial charge in [-0.1, -0.05) is 6.92 Å². The van der Waals surface area contributed by atoms with Crippen LogP contribution in [0.4, 0.5) is 0 Å². The maximum absolute atomic E-state index is 11.9. The molecule has 0 atom stereocenters. The van der Waals surface area contributed by atoms with Crippen molar-refractivity contribution in [3.8, 4) is 0 Å². The number of hydrogen-bond donors (Lipinski definition) is 2. The van der Waals surface area contributed by atoms with E-state index in [0.717, 1.165) is 0 Å². The lowest BCUT2D eigenvalue weighted by Gasteiger charge is -2.02. The van der Waals surface area contributed by atoms with Gasteiger partial charge in [0.05, 0.1) is 18.4 Å². The fourth-order valence-corrected chi connectivity index (χ4v) is 1.67. The Labute approximate surface area is 109 Å². The maximum atomic E-state index is 11.9. The van der Waals surface area contributed by atoms with E-state index in [1.165, 1.54) is 18.4 Å². The van der Waals surface area contributed by atoms with Gasteiger partial charge in [0.25, 0.3) is 5.91 Å². The number of aromatic carboxylic acids is 1. The molecule has 0 aliphatic rings. The molecule has 0 unspecified atom stereocenters. The summed E-state index contributed by atoms with van der Waals surface area (Å²) in [5.41, 5.74) is 0.479. The predicted octanol–water partition coefficient (Wildman–Crippen LogP) is 2.06. The summed E-state index contributed by atoms with van der Waals surface area (Å²) in [5, 5.41) is 11.3. The van der Waals surface area contributed by atoms with E-state index in [1.54, 1.807) is 6.07 Å². The Hall–Kier alpha value is -2.50. The Kier molecular flexibility index (Phi) is 3.70. The molecule has 0 saturated heterocycles. The van der Waals surface area contributed by atoms with Crippen molar-refractivity contribution in [3.05, 3.63) is 47.3 Å². The average molecular weight is 263 g/mol. The fourth-order valence-electron chi connectivity index (χ4n) is 1.67. The molecule has 0 aliphatic carbocycles. The topological polar surface area (TPSA) is 92.7 Å². The molecule has 6 nitrogen and oxygen atoms in total. The highest BCUT2D eigenvalue weighted by molar-refractivity contribution is 5.95. The van der Waals surface area contributed by atoms with E-state index in [-0.39, 0.29) is 18.2 Å². The van der Waals surface area contributed by atoms with Crippen LogP contribution in [0, 0.1) is 0 Å². The zero-order valence-electron chi connectivity index (χ0n) is 10.3. The number of carbonyl (C=O) groups is 2. The first kappa shape index (κ1) is 12.9. The van der Waals surface area contributed by atoms with Crippen molar-refractivity contribution in [1.82, 2.24) is 5.32 Å². The minimum atomic E-state index is -1.14. The second-order valence-electron chi connectivity index (χ2n) is 3.86. The van der Waals surface area contributed by atoms with Crippen LogP contribution in [0.5, 0.6) is 0 Å². The molecule has 2 N–H and O–H groups in total. The van der Waals surface area contributed by atoms with Gasteiger partial charge in [0.2, 0.25) is 5.76 Å². The predicted molar refractivity (Wildman–Crippen MR) is 64.9 cm³/mol. The SMILES string of the molecule is CCc1occc1C(=O)NCc1ccc(C(=O)O)o1. The average Bonchev–Trinajstić information content (AvgIpc) is 3.04. The van der Waals surface area contributed by atoms with E-state index in [0.29, 0.717) is 23.5 Å². The molecule has 0 spiro atoms. The summed E-state index contributed by atoms with van der Waals surface area (Å²) in [6.45, 7) is 2.02. The molecule has 19 heavy (non-hydrogen) atoms. The number of amides is 1. The number of hydrogen-bond acceptors (Lipinski definition) is 4. The van der Waals surface area contributed by atoms with Crippen LogP contribution >= 0.6 is 0 Å². The number of nitrogens with one attached hydrogen (secondary N) is 1. The summed E-state index contributed by atoms with van der Waals surface area (Å²) in [5.74, 6) is -0.572. The van der Waals surface area contributed by atoms with Crippen LogP contribution in [0.3, 0.4) is 0 Å². The first-order chi connectivity index (χ1) is 9.11. The van der Waals surface area contributed by atoms with Gasteiger partial charge in [-0.15, -0.1) is 0 Å². The molecule has 6 heteroatoms. The monoisotopic (exact) mass is 263 g/mol. The molecular formula is C13H13NO5. The van der Waals surface area contributed by atoms with Crippen LogP contribution < -0.4 is 5.32 Å². The lowest BCUT2D eigenvalue weighted by molar-refractivity contribution is 0.0660. The molecule has 2 aromatic heterocycles. The van der Waals surface area contributed by atoms with E-state index >= 15 is 0 Å². The quantitative estimate of drug-likeness (QED) is 0.861. The highest BCUT2D eigenvalue weighted by Crippen LogP contribution is 2.12. The van der Waals surface area contributed by atoms with Gasteiger partial charge in [0.1, 0.15) is 11.5 Å². The van der Waals surface area contributed by atoms with Crippen molar-refractivity contribution < 1.29 is 23.5 Å². The van der Waals surface area contributed by atoms with Gasteiger partial charge >= 0.3 is 5.97 Å². The second-order valence-corrected chi connectivity index (χ2v) is 3.86. The zero-order valence-corrected chi connectivity index (χ0v) is 10.3. The third kappa shape index (κ3) is 2.85. The van der Waals surface area contributed by atoms with Crippen molar-refractivity contribution >= 4 is 11.9 Å². The van der Waals surface area contributed by atoms with Crippen LogP contribution in [0.25, 0.3) is 0 Å². The second kappa shape index (κ2) is 5.43. The number of carbonyl (C=O) groups excluding carboxylic acids is 1. The summed E-state index contributed by atoms with van der Waals surface area (Å²) >= 11 is 0. The fraction of sp³-hybridized carbons (Fsp3) is 0.231. The standard InChI is InChI=1S/C13H13NO5/c1-2-10-9(5-6-18-10)12(15)14-7-8-3-4-11(19-8)13(16)17/h3-6H,2,7H2,1H3,(H,14,15)(H,16,17). The Balaban J connectivity index is 1.98. The smallest absolute Gasteiger partial charge is 0.371 e. The Morgan fingerprint density at radius 3 is 2.74 bits per heavy atom. The van der Waals surface area contributed by atoms with Gasteiger partial charge in [0, 0.05) is 6.42 Å². The lowest BCUT2D eigenvalue weighted by atomic mass is 10.2. The first-order valence-electron chi connectivity index (χ1n) is 5.78. The molecule has 0 saturated carbocycles. The maximum Gasteiger partial charge on any atom is 0.371 e. The molecule has 2 rings (SSSR count). The summed E-state index contributed by atoms with van der Waals surface area (Å²) < 4.78 is 10.2. The third-order valence-corrected chi connectivity index (χ3v) is 2.61. The van der Waals surface area contributed by atoms with Crippen molar-refractivity contribution in [2.75, 3.05) is 0 Å². The Bertz CT molecular complexity index is 596. The molecule has 1 amide bonds. The van der Waals surface area contributed by atoms with Crippen LogP contribution in [0.15, 0.2) is 33.3 Å². The van der Waals surface area contributed by atoms with Crippen LogP contribution in [0.2, 0.25) is 0 Å². The largest absolute Gasteiger partial charge is 0.475 e. The molecule has 0 radical (unpaired) electrons. The van der Waals surface area contributed by atoms with Crippen molar-refractivity contribution in [2.45, 2.75) is 19.9 Å². The van der Waals surface area contributed by atoms with Crippen molar-refractivity contribution in [2.24, 2.45) is 0 Å². The number of carboxylic acid groups (broad SMARTS) is 1. The normalized spacial score (nSPS) is 10.4. The summed E-state index contributed by atoms with van der Waals surface area (Å²) in [6, 6.07) is 4.46. The highest BCUT2D eigenvalue weighted by Gasteiger charge is 2.14. The van der Waals surface area contributed by atoms with Crippen molar-refractivity contribution in [1.29, 1.82) is 0 Å². The molecule has 0 bridgehead atoms. The van der Waals surface area contributed by atoms with Crippen LogP contribution in [-0.2, 0) is 13.0 Å². The molecule has 100 valence electrons. The minimum Gasteiger partial charge on any atom is -0.475 e. The van der Waals surface area contributed by atoms with E-state index in [9.17, 15) is 9.59 Å². The van der Waals surface area contributed by atoms with E-state index in [2.05, 4.69) is 5.32 Å². The molecule has 0 aliphatic heterocycles. The van der Waals surface area contributed by atoms with E-state index < -0.39 is 5.97 Å². The lowest BCUT2D eigenvalue weighted by Crippen LogP contribution is -2.23. The van der Waals surface area contributed by atoms with Gasteiger partial charge in [-0.3, -0.25) is 4.79 Å². The summed E-state index contributed by atoms with van der Waals surface area (Å²) in [7, 11) is 0. The van der Waals surface area contributed by atoms with E-state index in [1.807, 2.05) is 6.92 Å². The number of aryl methyl sites for hydroxylation is 1. The molecule has 2 aromatic rings. The zero-order chi connectivity index (χ0) is 13.8. The molecule has 0 fully saturated rings. The van der Waals surface area contributed by atoms with Gasteiger partial charge in [0.15, 0.2) is 0 Å². The van der Waals surface area contributed by atoms with Gasteiger partial charge in [-0.05, 0) is 18.2 Å². The number of furan rings is 2.